The highest BCUT2D eigenvalue weighted by Gasteiger charge is 2.19. The number of methoxy groups -OCH3 is 3. The van der Waals surface area contributed by atoms with Crippen LogP contribution in [0.1, 0.15) is 18.0 Å². The Hall–Kier alpha value is -1.14. The van der Waals surface area contributed by atoms with Crippen molar-refractivity contribution in [3.63, 3.8) is 0 Å². The monoisotopic (exact) mass is 296 g/mol. The van der Waals surface area contributed by atoms with Crippen LogP contribution in [0.15, 0.2) is 24.3 Å². The first-order chi connectivity index (χ1) is 10.3. The third-order valence-corrected chi connectivity index (χ3v) is 3.52. The molecule has 2 N–H and O–H groups in total. The van der Waals surface area contributed by atoms with E-state index in [0.717, 1.165) is 31.9 Å². The van der Waals surface area contributed by atoms with Gasteiger partial charge in [0, 0.05) is 46.5 Å². The maximum atomic E-state index is 6.02. The quantitative estimate of drug-likeness (QED) is 0.630. The van der Waals surface area contributed by atoms with Gasteiger partial charge in [0.05, 0.1) is 13.7 Å². The van der Waals surface area contributed by atoms with Crippen molar-refractivity contribution in [1.29, 1.82) is 0 Å². The minimum absolute atomic E-state index is 0.159. The van der Waals surface area contributed by atoms with E-state index in [1.165, 1.54) is 5.56 Å². The van der Waals surface area contributed by atoms with Gasteiger partial charge in [0.15, 0.2) is 0 Å². The van der Waals surface area contributed by atoms with E-state index in [1.807, 2.05) is 18.2 Å². The third-order valence-electron chi connectivity index (χ3n) is 3.52. The van der Waals surface area contributed by atoms with Crippen molar-refractivity contribution in [3.8, 4) is 5.75 Å². The summed E-state index contributed by atoms with van der Waals surface area (Å²) in [5, 5.41) is 0. The van der Waals surface area contributed by atoms with Crippen LogP contribution in [0.5, 0.6) is 5.75 Å². The Morgan fingerprint density at radius 3 is 2.48 bits per heavy atom. The highest BCUT2D eigenvalue weighted by atomic mass is 16.5. The van der Waals surface area contributed by atoms with Gasteiger partial charge in [-0.25, -0.2) is 0 Å². The van der Waals surface area contributed by atoms with Crippen molar-refractivity contribution in [3.05, 3.63) is 29.8 Å². The number of nitrogens with two attached hydrogens (primary N) is 1. The van der Waals surface area contributed by atoms with Crippen LogP contribution < -0.4 is 10.5 Å². The fraction of sp³-hybridized carbons (Fsp3) is 0.625. The van der Waals surface area contributed by atoms with Crippen molar-refractivity contribution >= 4 is 0 Å². The van der Waals surface area contributed by atoms with Crippen LogP contribution in [-0.4, -0.2) is 59.1 Å². The van der Waals surface area contributed by atoms with Gasteiger partial charge < -0.3 is 19.9 Å². The predicted molar refractivity (Wildman–Crippen MR) is 84.7 cm³/mol. The molecule has 0 bridgehead atoms. The smallest absolute Gasteiger partial charge is 0.119 e. The van der Waals surface area contributed by atoms with Gasteiger partial charge >= 0.3 is 0 Å². The molecule has 0 fully saturated rings. The zero-order valence-electron chi connectivity index (χ0n) is 13.4. The number of ether oxygens (including phenoxy) is 3. The summed E-state index contributed by atoms with van der Waals surface area (Å²) < 4.78 is 15.7. The lowest BCUT2D eigenvalue weighted by Crippen LogP contribution is -2.37. The minimum atomic E-state index is 0.159. The molecule has 0 aliphatic heterocycles. The van der Waals surface area contributed by atoms with E-state index in [0.29, 0.717) is 13.2 Å². The van der Waals surface area contributed by atoms with Gasteiger partial charge in [-0.3, -0.25) is 4.90 Å². The summed E-state index contributed by atoms with van der Waals surface area (Å²) in [7, 11) is 5.12. The number of hydrogen-bond donors (Lipinski definition) is 1. The van der Waals surface area contributed by atoms with Crippen LogP contribution in [-0.2, 0) is 9.47 Å². The second-order valence-electron chi connectivity index (χ2n) is 4.90. The molecule has 0 aliphatic rings. The molecule has 1 atom stereocenters. The van der Waals surface area contributed by atoms with Crippen LogP contribution >= 0.6 is 0 Å². The normalized spacial score (nSPS) is 12.6. The molecule has 0 aromatic heterocycles. The number of nitrogens with zero attached hydrogens (tertiary/aromatic N) is 1. The summed E-state index contributed by atoms with van der Waals surface area (Å²) in [6.07, 6.45) is 0.973. The van der Waals surface area contributed by atoms with E-state index >= 15 is 0 Å². The first-order valence-corrected chi connectivity index (χ1v) is 7.32. The Balaban J connectivity index is 2.82. The molecule has 0 saturated heterocycles. The van der Waals surface area contributed by atoms with E-state index in [-0.39, 0.29) is 6.04 Å². The molecule has 0 spiro atoms. The molecule has 1 aromatic carbocycles. The number of hydrogen-bond acceptors (Lipinski definition) is 5. The Labute approximate surface area is 128 Å². The van der Waals surface area contributed by atoms with Crippen LogP contribution in [0, 0.1) is 0 Å². The number of rotatable bonds is 11. The van der Waals surface area contributed by atoms with Gasteiger partial charge in [-0.2, -0.15) is 0 Å². The van der Waals surface area contributed by atoms with E-state index in [1.54, 1.807) is 21.3 Å². The van der Waals surface area contributed by atoms with E-state index in [2.05, 4.69) is 11.0 Å². The molecule has 1 unspecified atom stereocenters. The summed E-state index contributed by atoms with van der Waals surface area (Å²) in [5.41, 5.74) is 7.19. The molecular weight excluding hydrogens is 268 g/mol. The van der Waals surface area contributed by atoms with Gasteiger partial charge in [-0.1, -0.05) is 12.1 Å². The fourth-order valence-corrected chi connectivity index (χ4v) is 2.39. The van der Waals surface area contributed by atoms with Gasteiger partial charge in [-0.15, -0.1) is 0 Å². The van der Waals surface area contributed by atoms with E-state index < -0.39 is 0 Å². The van der Waals surface area contributed by atoms with Gasteiger partial charge in [0.2, 0.25) is 0 Å². The molecule has 0 saturated carbocycles. The molecule has 5 nitrogen and oxygen atoms in total. The molecule has 120 valence electrons. The Kier molecular flexibility index (Phi) is 9.01. The lowest BCUT2D eigenvalue weighted by atomic mass is 10.0. The highest BCUT2D eigenvalue weighted by molar-refractivity contribution is 5.30. The van der Waals surface area contributed by atoms with Crippen LogP contribution in [0.3, 0.4) is 0 Å². The van der Waals surface area contributed by atoms with Crippen LogP contribution in [0.25, 0.3) is 0 Å². The summed E-state index contributed by atoms with van der Waals surface area (Å²) in [5.74, 6) is 0.856. The first-order valence-electron chi connectivity index (χ1n) is 7.32. The second-order valence-corrected chi connectivity index (χ2v) is 4.90. The molecule has 5 heteroatoms. The highest BCUT2D eigenvalue weighted by Crippen LogP contribution is 2.23. The summed E-state index contributed by atoms with van der Waals surface area (Å²) in [4.78, 5) is 2.34. The number of benzene rings is 1. The maximum absolute atomic E-state index is 6.02. The molecule has 0 radical (unpaired) electrons. The van der Waals surface area contributed by atoms with Gasteiger partial charge in [0.25, 0.3) is 0 Å². The lowest BCUT2D eigenvalue weighted by Gasteiger charge is -2.31. The van der Waals surface area contributed by atoms with Crippen molar-refractivity contribution in [2.75, 3.05) is 54.2 Å². The topological polar surface area (TPSA) is 57.0 Å². The molecule has 0 aliphatic carbocycles. The summed E-state index contributed by atoms with van der Waals surface area (Å²) in [6, 6.07) is 8.25. The van der Waals surface area contributed by atoms with Crippen molar-refractivity contribution in [1.82, 2.24) is 4.90 Å². The largest absolute Gasteiger partial charge is 0.497 e. The van der Waals surface area contributed by atoms with Gasteiger partial charge in [0.1, 0.15) is 5.75 Å². The maximum Gasteiger partial charge on any atom is 0.119 e. The Bertz CT molecular complexity index is 388. The summed E-state index contributed by atoms with van der Waals surface area (Å²) in [6.45, 7) is 3.77. The average molecular weight is 296 g/mol. The summed E-state index contributed by atoms with van der Waals surface area (Å²) >= 11 is 0. The zero-order chi connectivity index (χ0) is 15.5. The standard InChI is InChI=1S/C16H28N2O3/c1-19-10-5-8-18(9-11-20-2)16(13-17)14-6-4-7-15(12-14)21-3/h4,6-7,12,16H,5,8-11,13,17H2,1-3H3. The van der Waals surface area contributed by atoms with E-state index in [4.69, 9.17) is 19.9 Å². The Morgan fingerprint density at radius 1 is 1.10 bits per heavy atom. The molecule has 1 rings (SSSR count). The van der Waals surface area contributed by atoms with Crippen LogP contribution in [0.4, 0.5) is 0 Å². The minimum Gasteiger partial charge on any atom is -0.497 e. The SMILES string of the molecule is COCCCN(CCOC)C(CN)c1cccc(OC)c1. The van der Waals surface area contributed by atoms with Crippen LogP contribution in [0.2, 0.25) is 0 Å². The first kappa shape index (κ1) is 17.9. The third kappa shape index (κ3) is 6.01. The average Bonchev–Trinajstić information content (AvgIpc) is 2.53. The second kappa shape index (κ2) is 10.6. The molecular formula is C16H28N2O3. The fourth-order valence-electron chi connectivity index (χ4n) is 2.39. The predicted octanol–water partition coefficient (Wildman–Crippen LogP) is 1.68. The van der Waals surface area contributed by atoms with E-state index in [9.17, 15) is 0 Å². The molecule has 0 heterocycles. The zero-order valence-corrected chi connectivity index (χ0v) is 13.4. The lowest BCUT2D eigenvalue weighted by molar-refractivity contribution is 0.108. The van der Waals surface area contributed by atoms with Crippen molar-refractivity contribution < 1.29 is 14.2 Å². The van der Waals surface area contributed by atoms with Crippen molar-refractivity contribution in [2.45, 2.75) is 12.5 Å². The molecule has 0 amide bonds. The Morgan fingerprint density at radius 2 is 1.86 bits per heavy atom. The molecule has 21 heavy (non-hydrogen) atoms. The van der Waals surface area contributed by atoms with Crippen molar-refractivity contribution in [2.24, 2.45) is 5.73 Å². The van der Waals surface area contributed by atoms with Gasteiger partial charge in [-0.05, 0) is 24.1 Å². The molecule has 1 aromatic rings.